The zero-order valence-corrected chi connectivity index (χ0v) is 16.6. The molecule has 0 saturated carbocycles. The lowest BCUT2D eigenvalue weighted by molar-refractivity contribution is 0.690. The first-order chi connectivity index (χ1) is 14.0. The summed E-state index contributed by atoms with van der Waals surface area (Å²) in [6.45, 7) is 6.26. The van der Waals surface area contributed by atoms with Crippen LogP contribution in [0.15, 0.2) is 77.1 Å². The van der Waals surface area contributed by atoms with Crippen molar-refractivity contribution in [2.24, 2.45) is 0 Å². The minimum atomic E-state index is -0.481. The van der Waals surface area contributed by atoms with E-state index < -0.39 is 11.2 Å². The number of allylic oxidation sites excluding steroid dienone is 1. The lowest BCUT2D eigenvalue weighted by Gasteiger charge is -2.12. The van der Waals surface area contributed by atoms with Gasteiger partial charge in [0.25, 0.3) is 5.56 Å². The Morgan fingerprint density at radius 2 is 1.93 bits per heavy atom. The fourth-order valence-corrected chi connectivity index (χ4v) is 3.63. The van der Waals surface area contributed by atoms with Gasteiger partial charge in [0.2, 0.25) is 0 Å². The lowest BCUT2D eigenvalue weighted by Crippen LogP contribution is -2.39. The van der Waals surface area contributed by atoms with E-state index in [1.54, 1.807) is 35.2 Å². The molecule has 146 valence electrons. The van der Waals surface area contributed by atoms with Gasteiger partial charge in [-0.25, -0.2) is 14.3 Å². The first-order valence-electron chi connectivity index (χ1n) is 9.12. The zero-order valence-electron chi connectivity index (χ0n) is 15.9. The van der Waals surface area contributed by atoms with Gasteiger partial charge >= 0.3 is 5.69 Å². The minimum absolute atomic E-state index is 0.101. The molecule has 4 aromatic rings. The monoisotopic (exact) mass is 406 g/mol. The van der Waals surface area contributed by atoms with Gasteiger partial charge in [-0.3, -0.25) is 9.36 Å². The minimum Gasteiger partial charge on any atom is -0.320 e. The summed E-state index contributed by atoms with van der Waals surface area (Å²) in [5, 5.41) is 0.489. The van der Waals surface area contributed by atoms with Crippen LogP contribution >= 0.6 is 11.6 Å². The molecule has 0 fully saturated rings. The molecule has 2 heterocycles. The molecule has 2 aromatic carbocycles. The summed E-state index contributed by atoms with van der Waals surface area (Å²) >= 11 is 6.13. The summed E-state index contributed by atoms with van der Waals surface area (Å²) in [6, 6.07) is 15.0. The van der Waals surface area contributed by atoms with Crippen LogP contribution in [0.1, 0.15) is 11.1 Å². The number of benzene rings is 2. The first kappa shape index (κ1) is 19.0. The Morgan fingerprint density at radius 1 is 1.14 bits per heavy atom. The van der Waals surface area contributed by atoms with Gasteiger partial charge in [0, 0.05) is 18.1 Å². The Balaban J connectivity index is 2.01. The van der Waals surface area contributed by atoms with Crippen LogP contribution in [0.25, 0.3) is 16.9 Å². The molecule has 6 nitrogen and oxygen atoms in total. The Hall–Kier alpha value is -3.38. The molecule has 0 amide bonds. The predicted octanol–water partition coefficient (Wildman–Crippen LogP) is 3.55. The third-order valence-electron chi connectivity index (χ3n) is 4.71. The number of hydrogen-bond donors (Lipinski definition) is 0. The predicted molar refractivity (Wildman–Crippen MR) is 115 cm³/mol. The van der Waals surface area contributed by atoms with Crippen LogP contribution in [0.3, 0.4) is 0 Å². The van der Waals surface area contributed by atoms with Gasteiger partial charge < -0.3 is 4.57 Å². The molecule has 0 radical (unpaired) electrons. The Kier molecular flexibility index (Phi) is 4.94. The summed E-state index contributed by atoms with van der Waals surface area (Å²) in [7, 11) is 0. The molecule has 0 N–H and O–H groups in total. The van der Waals surface area contributed by atoms with Crippen molar-refractivity contribution >= 4 is 22.8 Å². The van der Waals surface area contributed by atoms with E-state index in [0.29, 0.717) is 28.4 Å². The lowest BCUT2D eigenvalue weighted by atomic mass is 10.1. The number of halogens is 1. The number of rotatable bonds is 5. The van der Waals surface area contributed by atoms with Crippen molar-refractivity contribution in [3.05, 3.63) is 105 Å². The van der Waals surface area contributed by atoms with Crippen LogP contribution in [-0.4, -0.2) is 18.7 Å². The summed E-state index contributed by atoms with van der Waals surface area (Å²) in [5.41, 5.74) is 2.50. The first-order valence-corrected chi connectivity index (χ1v) is 9.50. The average molecular weight is 407 g/mol. The zero-order chi connectivity index (χ0) is 20.5. The second kappa shape index (κ2) is 7.56. The molecule has 0 unspecified atom stereocenters. The molecule has 0 saturated heterocycles. The van der Waals surface area contributed by atoms with E-state index in [-0.39, 0.29) is 6.54 Å². The Labute approximate surface area is 171 Å². The highest BCUT2D eigenvalue weighted by molar-refractivity contribution is 6.30. The average Bonchev–Trinajstić information content (AvgIpc) is 3.09. The topological polar surface area (TPSA) is 61.8 Å². The van der Waals surface area contributed by atoms with Crippen molar-refractivity contribution in [3.8, 4) is 5.69 Å². The number of fused-ring (bicyclic) bond motifs is 1. The molecule has 0 bridgehead atoms. The van der Waals surface area contributed by atoms with Crippen molar-refractivity contribution in [1.29, 1.82) is 0 Å². The van der Waals surface area contributed by atoms with Crippen LogP contribution in [0.2, 0.25) is 5.02 Å². The SMILES string of the molecule is C=CCn1c(=O)c2c(ncn2Cc2cccc(C)c2)n(-c2cccc(Cl)c2)c1=O. The van der Waals surface area contributed by atoms with Gasteiger partial charge in [-0.2, -0.15) is 0 Å². The largest absolute Gasteiger partial charge is 0.337 e. The molecule has 0 atom stereocenters. The number of imidazole rings is 1. The van der Waals surface area contributed by atoms with Crippen LogP contribution in [0.5, 0.6) is 0 Å². The van der Waals surface area contributed by atoms with Crippen LogP contribution < -0.4 is 11.2 Å². The number of aromatic nitrogens is 4. The second-order valence-corrected chi connectivity index (χ2v) is 7.27. The van der Waals surface area contributed by atoms with E-state index in [1.807, 2.05) is 25.1 Å². The van der Waals surface area contributed by atoms with E-state index in [0.717, 1.165) is 15.7 Å². The standard InChI is InChI=1S/C22H19ClN4O2/c1-3-10-26-21(28)19-20(27(22(26)29)18-9-5-8-17(23)12-18)24-14-25(19)13-16-7-4-6-15(2)11-16/h3-9,11-12,14H,1,10,13H2,2H3. The highest BCUT2D eigenvalue weighted by Crippen LogP contribution is 2.18. The molecule has 29 heavy (non-hydrogen) atoms. The van der Waals surface area contributed by atoms with E-state index in [2.05, 4.69) is 17.6 Å². The quantitative estimate of drug-likeness (QED) is 0.476. The molecule has 0 aliphatic carbocycles. The summed E-state index contributed by atoms with van der Waals surface area (Å²) in [4.78, 5) is 30.7. The highest BCUT2D eigenvalue weighted by Gasteiger charge is 2.19. The van der Waals surface area contributed by atoms with Gasteiger partial charge in [0.15, 0.2) is 11.2 Å². The van der Waals surface area contributed by atoms with Crippen LogP contribution in [0, 0.1) is 6.92 Å². The second-order valence-electron chi connectivity index (χ2n) is 6.84. The molecular formula is C22H19ClN4O2. The summed E-state index contributed by atoms with van der Waals surface area (Å²) in [6.07, 6.45) is 3.12. The molecule has 7 heteroatoms. The van der Waals surface area contributed by atoms with Crippen molar-refractivity contribution in [2.45, 2.75) is 20.0 Å². The highest BCUT2D eigenvalue weighted by atomic mass is 35.5. The van der Waals surface area contributed by atoms with Crippen molar-refractivity contribution in [3.63, 3.8) is 0 Å². The number of aryl methyl sites for hydroxylation is 1. The summed E-state index contributed by atoms with van der Waals surface area (Å²) < 4.78 is 4.34. The Bertz CT molecular complexity index is 1350. The van der Waals surface area contributed by atoms with Crippen LogP contribution in [0.4, 0.5) is 0 Å². The molecular weight excluding hydrogens is 388 g/mol. The maximum atomic E-state index is 13.1. The molecule has 4 rings (SSSR count). The summed E-state index contributed by atoms with van der Waals surface area (Å²) in [5.74, 6) is 0. The van der Waals surface area contributed by atoms with Crippen molar-refractivity contribution in [1.82, 2.24) is 18.7 Å². The number of hydrogen-bond acceptors (Lipinski definition) is 3. The molecule has 2 aromatic heterocycles. The third-order valence-corrected chi connectivity index (χ3v) is 4.95. The van der Waals surface area contributed by atoms with Crippen LogP contribution in [-0.2, 0) is 13.1 Å². The normalized spacial score (nSPS) is 11.1. The van der Waals surface area contributed by atoms with E-state index in [1.165, 1.54) is 10.6 Å². The smallest absolute Gasteiger partial charge is 0.320 e. The van der Waals surface area contributed by atoms with Crippen molar-refractivity contribution in [2.75, 3.05) is 0 Å². The van der Waals surface area contributed by atoms with E-state index in [4.69, 9.17) is 11.6 Å². The molecule has 0 spiro atoms. The van der Waals surface area contributed by atoms with E-state index >= 15 is 0 Å². The molecule has 0 aliphatic heterocycles. The van der Waals surface area contributed by atoms with E-state index in [9.17, 15) is 9.59 Å². The van der Waals surface area contributed by atoms with Gasteiger partial charge in [0.1, 0.15) is 0 Å². The maximum Gasteiger partial charge on any atom is 0.337 e. The Morgan fingerprint density at radius 3 is 2.66 bits per heavy atom. The van der Waals surface area contributed by atoms with Gasteiger partial charge in [-0.15, -0.1) is 6.58 Å². The number of nitrogens with zero attached hydrogens (tertiary/aromatic N) is 4. The van der Waals surface area contributed by atoms with Gasteiger partial charge in [0.05, 0.1) is 12.0 Å². The third kappa shape index (κ3) is 3.43. The molecule has 0 aliphatic rings. The fraction of sp³-hybridized carbons (Fsp3) is 0.136. The fourth-order valence-electron chi connectivity index (χ4n) is 3.44. The van der Waals surface area contributed by atoms with Gasteiger partial charge in [-0.1, -0.05) is 53.6 Å². The maximum absolute atomic E-state index is 13.1. The van der Waals surface area contributed by atoms with Crippen molar-refractivity contribution < 1.29 is 0 Å². The van der Waals surface area contributed by atoms with Gasteiger partial charge in [-0.05, 0) is 30.7 Å².